The molecular weight excluding hydrogens is 429 g/mol. The minimum Gasteiger partial charge on any atom is -0.378 e. The predicted molar refractivity (Wildman–Crippen MR) is 115 cm³/mol. The largest absolute Gasteiger partial charge is 0.378 e. The lowest BCUT2D eigenvalue weighted by atomic mass is 10.1. The first-order valence-electron chi connectivity index (χ1n) is 8.92. The molecule has 0 saturated carbocycles. The lowest BCUT2D eigenvalue weighted by Crippen LogP contribution is -2.47. The van der Waals surface area contributed by atoms with Crippen molar-refractivity contribution in [1.29, 1.82) is 0 Å². The maximum absolute atomic E-state index is 5.73. The molecule has 0 spiro atoms. The number of guanidine groups is 1. The zero-order chi connectivity index (χ0) is 17.4. The standard InChI is InChI=1S/C18H31N5O.HI/c1-5-19-18(23-12-10-16(11-13-23)24-6-2)20-14-15-8-7-9-17(21-15)22(3)4;/h7-9,16H,5-6,10-14H2,1-4H3,(H,19,20);1H. The van der Waals surface area contributed by atoms with Crippen LogP contribution in [0.25, 0.3) is 0 Å². The number of aromatic nitrogens is 1. The zero-order valence-electron chi connectivity index (χ0n) is 15.9. The van der Waals surface area contributed by atoms with Crippen molar-refractivity contribution in [2.45, 2.75) is 39.3 Å². The third-order valence-corrected chi connectivity index (χ3v) is 4.12. The van der Waals surface area contributed by atoms with E-state index in [1.165, 1.54) is 0 Å². The maximum Gasteiger partial charge on any atom is 0.194 e. The van der Waals surface area contributed by atoms with Crippen LogP contribution in [0.2, 0.25) is 0 Å². The SMILES string of the molecule is CCNC(=NCc1cccc(N(C)C)n1)N1CCC(OCC)CC1.I. The van der Waals surface area contributed by atoms with Gasteiger partial charge in [0.05, 0.1) is 18.3 Å². The Morgan fingerprint density at radius 3 is 2.64 bits per heavy atom. The van der Waals surface area contributed by atoms with E-state index < -0.39 is 0 Å². The fraction of sp³-hybridized carbons (Fsp3) is 0.667. The van der Waals surface area contributed by atoms with Crippen molar-refractivity contribution in [3.8, 4) is 0 Å². The summed E-state index contributed by atoms with van der Waals surface area (Å²) in [6.45, 7) is 8.40. The molecule has 0 bridgehead atoms. The van der Waals surface area contributed by atoms with Crippen LogP contribution in [-0.2, 0) is 11.3 Å². The van der Waals surface area contributed by atoms with Crippen molar-refractivity contribution >= 4 is 35.8 Å². The number of nitrogens with one attached hydrogen (secondary N) is 1. The van der Waals surface area contributed by atoms with E-state index in [1.54, 1.807) is 0 Å². The highest BCUT2D eigenvalue weighted by Gasteiger charge is 2.21. The second kappa shape index (κ2) is 11.5. The fourth-order valence-corrected chi connectivity index (χ4v) is 2.86. The Hall–Kier alpha value is -1.09. The highest BCUT2D eigenvalue weighted by Crippen LogP contribution is 2.14. The maximum atomic E-state index is 5.73. The summed E-state index contributed by atoms with van der Waals surface area (Å²) < 4.78 is 5.73. The van der Waals surface area contributed by atoms with Crippen LogP contribution in [-0.4, -0.2) is 62.3 Å². The van der Waals surface area contributed by atoms with Crippen LogP contribution in [0.1, 0.15) is 32.4 Å². The molecule has 1 N–H and O–H groups in total. The molecule has 2 heterocycles. The quantitative estimate of drug-likeness (QED) is 0.401. The number of anilines is 1. The van der Waals surface area contributed by atoms with Gasteiger partial charge in [0.15, 0.2) is 5.96 Å². The monoisotopic (exact) mass is 461 g/mol. The summed E-state index contributed by atoms with van der Waals surface area (Å²) in [5.74, 6) is 1.94. The molecule has 0 amide bonds. The number of nitrogens with zero attached hydrogens (tertiary/aromatic N) is 4. The number of rotatable bonds is 6. The van der Waals surface area contributed by atoms with E-state index in [1.807, 2.05) is 37.2 Å². The lowest BCUT2D eigenvalue weighted by Gasteiger charge is -2.34. The van der Waals surface area contributed by atoms with Gasteiger partial charge in [-0.2, -0.15) is 0 Å². The third kappa shape index (κ3) is 6.97. The summed E-state index contributed by atoms with van der Waals surface area (Å²) in [7, 11) is 4.00. The zero-order valence-corrected chi connectivity index (χ0v) is 18.2. The molecule has 2 rings (SSSR count). The van der Waals surface area contributed by atoms with Crippen LogP contribution in [0.15, 0.2) is 23.2 Å². The molecule has 0 aliphatic carbocycles. The number of likely N-dealkylation sites (tertiary alicyclic amines) is 1. The summed E-state index contributed by atoms with van der Waals surface area (Å²) in [5.41, 5.74) is 0.987. The second-order valence-electron chi connectivity index (χ2n) is 6.19. The Kier molecular flexibility index (Phi) is 10.1. The van der Waals surface area contributed by atoms with Gasteiger partial charge in [0.1, 0.15) is 5.82 Å². The van der Waals surface area contributed by atoms with Crippen LogP contribution >= 0.6 is 24.0 Å². The lowest BCUT2D eigenvalue weighted by molar-refractivity contribution is 0.0263. The Bertz CT molecular complexity index is 530. The molecule has 25 heavy (non-hydrogen) atoms. The highest BCUT2D eigenvalue weighted by atomic mass is 127. The van der Waals surface area contributed by atoms with E-state index in [0.29, 0.717) is 12.6 Å². The van der Waals surface area contributed by atoms with Gasteiger partial charge >= 0.3 is 0 Å². The minimum atomic E-state index is 0. The van der Waals surface area contributed by atoms with Crippen molar-refractivity contribution in [2.75, 3.05) is 45.2 Å². The van der Waals surface area contributed by atoms with E-state index in [0.717, 1.165) is 56.6 Å². The van der Waals surface area contributed by atoms with Crippen molar-refractivity contribution in [1.82, 2.24) is 15.2 Å². The van der Waals surface area contributed by atoms with E-state index >= 15 is 0 Å². The molecule has 6 nitrogen and oxygen atoms in total. The molecule has 1 aromatic rings. The molecule has 1 fully saturated rings. The molecule has 142 valence electrons. The number of hydrogen-bond acceptors (Lipinski definition) is 4. The normalized spacial score (nSPS) is 15.7. The number of aliphatic imine (C=N–C) groups is 1. The number of hydrogen-bond donors (Lipinski definition) is 1. The van der Waals surface area contributed by atoms with Crippen molar-refractivity contribution < 1.29 is 4.74 Å². The van der Waals surface area contributed by atoms with Crippen LogP contribution in [0.3, 0.4) is 0 Å². The van der Waals surface area contributed by atoms with Gasteiger partial charge in [-0.15, -0.1) is 24.0 Å². The topological polar surface area (TPSA) is 53.0 Å². The average Bonchev–Trinajstić information content (AvgIpc) is 2.60. The van der Waals surface area contributed by atoms with E-state index in [9.17, 15) is 0 Å². The first-order chi connectivity index (χ1) is 11.6. The smallest absolute Gasteiger partial charge is 0.194 e. The molecule has 0 aromatic carbocycles. The van der Waals surface area contributed by atoms with Gasteiger partial charge in [-0.05, 0) is 38.8 Å². The van der Waals surface area contributed by atoms with Crippen LogP contribution in [0, 0.1) is 0 Å². The number of halogens is 1. The van der Waals surface area contributed by atoms with E-state index in [-0.39, 0.29) is 24.0 Å². The minimum absolute atomic E-state index is 0. The molecule has 0 radical (unpaired) electrons. The van der Waals surface area contributed by atoms with Gasteiger partial charge in [-0.25, -0.2) is 9.98 Å². The third-order valence-electron chi connectivity index (χ3n) is 4.12. The highest BCUT2D eigenvalue weighted by molar-refractivity contribution is 14.0. The van der Waals surface area contributed by atoms with Gasteiger partial charge in [0.25, 0.3) is 0 Å². The Balaban J connectivity index is 0.00000312. The van der Waals surface area contributed by atoms with Gasteiger partial charge in [-0.1, -0.05) is 6.07 Å². The summed E-state index contributed by atoms with van der Waals surface area (Å²) in [6.07, 6.45) is 2.52. The molecule has 1 aliphatic rings. The molecular formula is C18H32IN5O. The number of piperidine rings is 1. The molecule has 0 atom stereocenters. The van der Waals surface area contributed by atoms with Gasteiger partial charge in [-0.3, -0.25) is 0 Å². The summed E-state index contributed by atoms with van der Waals surface area (Å²) in [5, 5.41) is 3.40. The average molecular weight is 461 g/mol. The summed E-state index contributed by atoms with van der Waals surface area (Å²) in [6, 6.07) is 6.08. The summed E-state index contributed by atoms with van der Waals surface area (Å²) >= 11 is 0. The molecule has 1 aromatic heterocycles. The van der Waals surface area contributed by atoms with Gasteiger partial charge in [0, 0.05) is 40.3 Å². The van der Waals surface area contributed by atoms with Crippen LogP contribution < -0.4 is 10.2 Å². The summed E-state index contributed by atoms with van der Waals surface area (Å²) in [4.78, 5) is 13.8. The Morgan fingerprint density at radius 2 is 2.04 bits per heavy atom. The predicted octanol–water partition coefficient (Wildman–Crippen LogP) is 2.73. The molecule has 7 heteroatoms. The van der Waals surface area contributed by atoms with Crippen LogP contribution in [0.5, 0.6) is 0 Å². The Labute approximate surface area is 169 Å². The Morgan fingerprint density at radius 1 is 1.32 bits per heavy atom. The van der Waals surface area contributed by atoms with Crippen molar-refractivity contribution in [2.24, 2.45) is 4.99 Å². The number of ether oxygens (including phenoxy) is 1. The fourth-order valence-electron chi connectivity index (χ4n) is 2.86. The van der Waals surface area contributed by atoms with Crippen molar-refractivity contribution in [3.05, 3.63) is 23.9 Å². The van der Waals surface area contributed by atoms with E-state index in [4.69, 9.17) is 9.73 Å². The molecule has 0 unspecified atom stereocenters. The second-order valence-corrected chi connectivity index (χ2v) is 6.19. The van der Waals surface area contributed by atoms with Crippen molar-refractivity contribution in [3.63, 3.8) is 0 Å². The first-order valence-corrected chi connectivity index (χ1v) is 8.92. The van der Waals surface area contributed by atoms with Crippen LogP contribution in [0.4, 0.5) is 5.82 Å². The van der Waals surface area contributed by atoms with Gasteiger partial charge in [0.2, 0.25) is 0 Å². The number of pyridine rings is 1. The first kappa shape index (κ1) is 22.0. The molecule has 1 aliphatic heterocycles. The van der Waals surface area contributed by atoms with Gasteiger partial charge < -0.3 is 19.9 Å². The van der Waals surface area contributed by atoms with E-state index in [2.05, 4.69) is 29.0 Å². The molecule has 1 saturated heterocycles.